The average molecular weight is 471 g/mol. The molecule has 7 heteroatoms. The summed E-state index contributed by atoms with van der Waals surface area (Å²) in [5.74, 6) is -0.386. The molecule has 2 N–H and O–H groups in total. The number of aryl methyl sites for hydroxylation is 2. The van der Waals surface area contributed by atoms with Crippen molar-refractivity contribution in [1.29, 1.82) is 0 Å². The number of ether oxygens (including phenoxy) is 1. The Morgan fingerprint density at radius 2 is 1.79 bits per heavy atom. The summed E-state index contributed by atoms with van der Waals surface area (Å²) in [7, 11) is 0. The van der Waals surface area contributed by atoms with Gasteiger partial charge in [-0.3, -0.25) is 9.55 Å². The van der Waals surface area contributed by atoms with Gasteiger partial charge in [-0.25, -0.2) is 9.59 Å². The van der Waals surface area contributed by atoms with Crippen LogP contribution in [0.3, 0.4) is 0 Å². The lowest BCUT2D eigenvalue weighted by molar-refractivity contribution is 0.0384. The van der Waals surface area contributed by atoms with Crippen LogP contribution in [0, 0.1) is 0 Å². The molecule has 0 aliphatic rings. The van der Waals surface area contributed by atoms with Crippen molar-refractivity contribution in [2.45, 2.75) is 78.2 Å². The predicted molar refractivity (Wildman–Crippen MR) is 133 cm³/mol. The van der Waals surface area contributed by atoms with Crippen LogP contribution in [-0.2, 0) is 24.0 Å². The molecule has 0 aliphatic carbocycles. The van der Waals surface area contributed by atoms with E-state index in [0.29, 0.717) is 17.0 Å². The minimum atomic E-state index is -0.340. The third-order valence-electron chi connectivity index (χ3n) is 5.53. The number of hydrogen-bond acceptors (Lipinski definition) is 5. The highest BCUT2D eigenvalue weighted by atomic mass is 32.1. The van der Waals surface area contributed by atoms with E-state index in [-0.39, 0.29) is 23.6 Å². The number of nitrogens with zero attached hydrogens (tertiary/aromatic N) is 1. The second-order valence-corrected chi connectivity index (χ2v) is 9.78. The minimum absolute atomic E-state index is 0.0870. The van der Waals surface area contributed by atoms with Gasteiger partial charge in [-0.2, -0.15) is 0 Å². The van der Waals surface area contributed by atoms with Crippen LogP contribution in [0.5, 0.6) is 5.88 Å². The Morgan fingerprint density at radius 3 is 2.48 bits per heavy atom. The summed E-state index contributed by atoms with van der Waals surface area (Å²) in [4.78, 5) is 28.7. The molecule has 6 nitrogen and oxygen atoms in total. The smallest absolute Gasteiger partial charge is 0.348 e. The number of benzene rings is 1. The van der Waals surface area contributed by atoms with Crippen molar-refractivity contribution in [3.8, 4) is 11.6 Å². The van der Waals surface area contributed by atoms with Gasteiger partial charge in [0.1, 0.15) is 4.88 Å². The normalized spacial score (nSPS) is 11.3. The Labute approximate surface area is 199 Å². The number of esters is 1. The quantitative estimate of drug-likeness (QED) is 0.259. The fourth-order valence-electron chi connectivity index (χ4n) is 3.85. The monoisotopic (exact) mass is 470 g/mol. The van der Waals surface area contributed by atoms with E-state index in [4.69, 9.17) is 4.74 Å². The third-order valence-corrected chi connectivity index (χ3v) is 6.65. The number of unbranched alkanes of at least 4 members (excludes halogenated alkanes) is 3. The molecule has 0 radical (unpaired) electrons. The van der Waals surface area contributed by atoms with Crippen molar-refractivity contribution in [3.63, 3.8) is 0 Å². The standard InChI is InChI=1S/C26H34N2O4S/c1-4-5-6-7-9-19-12-14-20(15-13-19)28-22(24(29)27-26(28)31)11-8-10-21-16-17-23(33-21)25(30)32-18(2)3/h12-18,29H,4-11H2,1-3H3,(H,27,31). The number of hydrogen-bond donors (Lipinski definition) is 2. The summed E-state index contributed by atoms with van der Waals surface area (Å²) in [5.41, 5.74) is 2.24. The lowest BCUT2D eigenvalue weighted by Crippen LogP contribution is -2.17. The van der Waals surface area contributed by atoms with Gasteiger partial charge in [0, 0.05) is 4.88 Å². The van der Waals surface area contributed by atoms with Crippen LogP contribution < -0.4 is 5.69 Å². The molecule has 0 unspecified atom stereocenters. The lowest BCUT2D eigenvalue weighted by atomic mass is 10.1. The Bertz CT molecular complexity index is 1090. The van der Waals surface area contributed by atoms with Crippen molar-refractivity contribution in [3.05, 3.63) is 67.9 Å². The molecule has 2 heterocycles. The van der Waals surface area contributed by atoms with Gasteiger partial charge < -0.3 is 9.84 Å². The van der Waals surface area contributed by atoms with Gasteiger partial charge in [-0.05, 0) is 75.8 Å². The summed E-state index contributed by atoms with van der Waals surface area (Å²) < 4.78 is 6.80. The summed E-state index contributed by atoms with van der Waals surface area (Å²) in [5, 5.41) is 10.3. The molecule has 0 atom stereocenters. The molecule has 0 spiro atoms. The fraction of sp³-hybridized carbons (Fsp3) is 0.462. The second-order valence-electron chi connectivity index (χ2n) is 8.61. The first-order chi connectivity index (χ1) is 15.9. The molecule has 0 fully saturated rings. The SMILES string of the molecule is CCCCCCc1ccc(-n2c(CCCc3ccc(C(=O)OC(C)C)s3)c(O)[nH]c2=O)cc1. The van der Waals surface area contributed by atoms with Crippen LogP contribution in [0.1, 0.15) is 78.7 Å². The van der Waals surface area contributed by atoms with Crippen molar-refractivity contribution in [2.24, 2.45) is 0 Å². The van der Waals surface area contributed by atoms with Crippen LogP contribution >= 0.6 is 11.3 Å². The Kier molecular flexibility index (Phi) is 8.95. The van der Waals surface area contributed by atoms with Crippen molar-refractivity contribution in [1.82, 2.24) is 9.55 Å². The van der Waals surface area contributed by atoms with Crippen LogP contribution in [0.4, 0.5) is 0 Å². The molecule has 1 aromatic carbocycles. The van der Waals surface area contributed by atoms with Gasteiger partial charge in [0.05, 0.1) is 17.5 Å². The van der Waals surface area contributed by atoms with E-state index in [0.717, 1.165) is 29.8 Å². The maximum atomic E-state index is 12.5. The molecular formula is C26H34N2O4S. The predicted octanol–water partition coefficient (Wildman–Crippen LogP) is 5.80. The van der Waals surface area contributed by atoms with E-state index < -0.39 is 0 Å². The number of nitrogens with one attached hydrogen (secondary N) is 1. The molecule has 0 saturated heterocycles. The lowest BCUT2D eigenvalue weighted by Gasteiger charge is -2.09. The van der Waals surface area contributed by atoms with E-state index in [1.807, 2.05) is 32.0 Å². The van der Waals surface area contributed by atoms with Gasteiger partial charge in [0.15, 0.2) is 0 Å². The topological polar surface area (TPSA) is 84.3 Å². The van der Waals surface area contributed by atoms with Gasteiger partial charge in [-0.15, -0.1) is 11.3 Å². The molecule has 3 rings (SSSR count). The molecule has 0 bridgehead atoms. The number of carbonyl (C=O) groups is 1. The molecule has 0 aliphatic heterocycles. The largest absolute Gasteiger partial charge is 0.493 e. The van der Waals surface area contributed by atoms with Gasteiger partial charge >= 0.3 is 11.7 Å². The summed E-state index contributed by atoms with van der Waals surface area (Å²) >= 11 is 1.43. The van der Waals surface area contributed by atoms with E-state index >= 15 is 0 Å². The summed E-state index contributed by atoms with van der Waals surface area (Å²) in [6.07, 6.45) is 7.79. The van der Waals surface area contributed by atoms with E-state index in [9.17, 15) is 14.7 Å². The number of aromatic amines is 1. The highest BCUT2D eigenvalue weighted by molar-refractivity contribution is 7.13. The Hall–Kier alpha value is -2.80. The highest BCUT2D eigenvalue weighted by Crippen LogP contribution is 2.23. The number of imidazole rings is 1. The van der Waals surface area contributed by atoms with Crippen LogP contribution in [0.25, 0.3) is 5.69 Å². The maximum Gasteiger partial charge on any atom is 0.348 e. The molecule has 33 heavy (non-hydrogen) atoms. The van der Waals surface area contributed by atoms with Crippen molar-refractivity contribution < 1.29 is 14.6 Å². The van der Waals surface area contributed by atoms with Crippen LogP contribution in [0.2, 0.25) is 0 Å². The van der Waals surface area contributed by atoms with Gasteiger partial charge in [0.25, 0.3) is 0 Å². The van der Waals surface area contributed by atoms with Crippen LogP contribution in [0.15, 0.2) is 41.2 Å². The third kappa shape index (κ3) is 6.84. The Morgan fingerprint density at radius 1 is 1.03 bits per heavy atom. The van der Waals surface area contributed by atoms with E-state index in [1.54, 1.807) is 10.6 Å². The number of thiophene rings is 1. The zero-order valence-corrected chi connectivity index (χ0v) is 20.5. The molecule has 0 amide bonds. The first-order valence-corrected chi connectivity index (χ1v) is 12.6. The zero-order chi connectivity index (χ0) is 23.8. The van der Waals surface area contributed by atoms with Gasteiger partial charge in [0.2, 0.25) is 5.88 Å². The summed E-state index contributed by atoms with van der Waals surface area (Å²) in [6.45, 7) is 5.87. The zero-order valence-electron chi connectivity index (χ0n) is 19.7. The Balaban J connectivity index is 1.63. The number of aromatic hydroxyl groups is 1. The maximum absolute atomic E-state index is 12.5. The minimum Gasteiger partial charge on any atom is -0.493 e. The van der Waals surface area contributed by atoms with Gasteiger partial charge in [-0.1, -0.05) is 38.3 Å². The molecule has 2 aromatic heterocycles. The number of carbonyl (C=O) groups excluding carboxylic acids is 1. The average Bonchev–Trinajstić information content (AvgIpc) is 3.36. The second kappa shape index (κ2) is 11.9. The molecular weight excluding hydrogens is 436 g/mol. The van der Waals surface area contributed by atoms with Crippen LogP contribution in [-0.4, -0.2) is 26.7 Å². The van der Waals surface area contributed by atoms with Crippen molar-refractivity contribution in [2.75, 3.05) is 0 Å². The van der Waals surface area contributed by atoms with E-state index in [2.05, 4.69) is 24.0 Å². The number of aromatic nitrogens is 2. The van der Waals surface area contributed by atoms with E-state index in [1.165, 1.54) is 42.6 Å². The first-order valence-electron chi connectivity index (χ1n) is 11.8. The molecule has 0 saturated carbocycles. The molecule has 3 aromatic rings. The fourth-order valence-corrected chi connectivity index (χ4v) is 4.79. The number of rotatable bonds is 12. The molecule has 178 valence electrons. The summed E-state index contributed by atoms with van der Waals surface area (Å²) in [6, 6.07) is 11.7. The van der Waals surface area contributed by atoms with Crippen molar-refractivity contribution >= 4 is 17.3 Å². The number of H-pyrrole nitrogens is 1. The highest BCUT2D eigenvalue weighted by Gasteiger charge is 2.16. The first kappa shape index (κ1) is 24.8.